The van der Waals surface area contributed by atoms with Crippen LogP contribution in [0.15, 0.2) is 18.2 Å². The van der Waals surface area contributed by atoms with Crippen LogP contribution >= 0.6 is 0 Å². The molecule has 0 bridgehead atoms. The third-order valence-corrected chi connectivity index (χ3v) is 4.03. The molecule has 0 aromatic heterocycles. The molecule has 0 saturated heterocycles. The monoisotopic (exact) mass is 297 g/mol. The summed E-state index contributed by atoms with van der Waals surface area (Å²) >= 11 is 0. The Hall–Kier alpha value is -1.16. The number of ether oxygens (including phenoxy) is 1. The van der Waals surface area contributed by atoms with Gasteiger partial charge in [0, 0.05) is 12.1 Å². The van der Waals surface area contributed by atoms with Crippen molar-refractivity contribution in [1.82, 2.24) is 5.32 Å². The lowest BCUT2D eigenvalue weighted by molar-refractivity contribution is 0.122. The molecule has 0 aliphatic heterocycles. The van der Waals surface area contributed by atoms with Crippen LogP contribution in [0.2, 0.25) is 0 Å². The predicted octanol–water partition coefficient (Wildman–Crippen LogP) is 4.43. The van der Waals surface area contributed by atoms with Crippen LogP contribution in [0.4, 0.5) is 8.78 Å². The van der Waals surface area contributed by atoms with Gasteiger partial charge in [0.05, 0.1) is 0 Å². The van der Waals surface area contributed by atoms with Crippen LogP contribution in [0.3, 0.4) is 0 Å². The number of hydrogen-bond acceptors (Lipinski definition) is 2. The Morgan fingerprint density at radius 3 is 2.62 bits per heavy atom. The third-order valence-electron chi connectivity index (χ3n) is 4.03. The molecule has 2 atom stereocenters. The van der Waals surface area contributed by atoms with E-state index in [1.807, 2.05) is 0 Å². The van der Waals surface area contributed by atoms with Crippen molar-refractivity contribution in [2.75, 3.05) is 6.54 Å². The molecule has 21 heavy (non-hydrogen) atoms. The number of nitrogens with one attached hydrogen (secondary N) is 1. The fourth-order valence-electron chi connectivity index (χ4n) is 2.89. The summed E-state index contributed by atoms with van der Waals surface area (Å²) in [5, 5.41) is 3.52. The van der Waals surface area contributed by atoms with Crippen molar-refractivity contribution in [1.29, 1.82) is 0 Å². The van der Waals surface area contributed by atoms with Gasteiger partial charge in [-0.05, 0) is 44.4 Å². The first-order valence-corrected chi connectivity index (χ1v) is 8.05. The molecule has 1 saturated carbocycles. The molecule has 0 spiro atoms. The van der Waals surface area contributed by atoms with Crippen LogP contribution in [0.1, 0.15) is 51.9 Å². The van der Waals surface area contributed by atoms with Crippen LogP contribution in [0.25, 0.3) is 0 Å². The van der Waals surface area contributed by atoms with E-state index in [0.717, 1.165) is 38.3 Å². The van der Waals surface area contributed by atoms with Crippen LogP contribution in [0, 0.1) is 11.6 Å². The molecular weight excluding hydrogens is 272 g/mol. The van der Waals surface area contributed by atoms with E-state index in [4.69, 9.17) is 4.74 Å². The van der Waals surface area contributed by atoms with E-state index < -0.39 is 11.6 Å². The van der Waals surface area contributed by atoms with Crippen molar-refractivity contribution < 1.29 is 13.5 Å². The van der Waals surface area contributed by atoms with Crippen molar-refractivity contribution in [2.24, 2.45) is 0 Å². The Kier molecular flexibility index (Phi) is 6.43. The maximum absolute atomic E-state index is 13.8. The Bertz CT molecular complexity index is 437. The van der Waals surface area contributed by atoms with Gasteiger partial charge >= 0.3 is 0 Å². The lowest BCUT2D eigenvalue weighted by Gasteiger charge is -2.30. The average Bonchev–Trinajstić information content (AvgIpc) is 2.44. The summed E-state index contributed by atoms with van der Waals surface area (Å²) in [5.74, 6) is -1.03. The second kappa shape index (κ2) is 8.32. The molecule has 0 amide bonds. The molecule has 118 valence electrons. The van der Waals surface area contributed by atoms with E-state index in [9.17, 15) is 8.78 Å². The quantitative estimate of drug-likeness (QED) is 0.868. The maximum Gasteiger partial charge on any atom is 0.167 e. The number of rotatable bonds is 5. The average molecular weight is 297 g/mol. The second-order valence-electron chi connectivity index (χ2n) is 5.78. The first-order chi connectivity index (χ1) is 10.2. The normalized spacial score (nSPS) is 23.4. The molecule has 1 aromatic carbocycles. The van der Waals surface area contributed by atoms with E-state index in [1.54, 1.807) is 0 Å². The molecule has 1 N–H and O–H groups in total. The minimum atomic E-state index is -0.619. The standard InChI is InChI=1S/C17H25F2NO/c1-2-11-20-15-7-5-3-4-6-8-17(15)21-16-10-9-13(18)12-14(16)19/h9-10,12,15,17,20H,2-8,11H2,1H3. The van der Waals surface area contributed by atoms with E-state index in [2.05, 4.69) is 12.2 Å². The molecule has 2 unspecified atom stereocenters. The zero-order valence-corrected chi connectivity index (χ0v) is 12.7. The van der Waals surface area contributed by atoms with Crippen LogP contribution in [0.5, 0.6) is 5.75 Å². The predicted molar refractivity (Wildman–Crippen MR) is 80.6 cm³/mol. The molecule has 1 aliphatic rings. The van der Waals surface area contributed by atoms with Gasteiger partial charge in [-0.25, -0.2) is 8.78 Å². The van der Waals surface area contributed by atoms with Gasteiger partial charge < -0.3 is 10.1 Å². The summed E-state index contributed by atoms with van der Waals surface area (Å²) in [5.41, 5.74) is 0. The lowest BCUT2D eigenvalue weighted by Crippen LogP contribution is -2.44. The SMILES string of the molecule is CCCNC1CCCCCCC1Oc1ccc(F)cc1F. The molecule has 1 aromatic rings. The molecule has 2 rings (SSSR count). The highest BCUT2D eigenvalue weighted by atomic mass is 19.1. The Balaban J connectivity index is 2.07. The van der Waals surface area contributed by atoms with Crippen molar-refractivity contribution in [3.05, 3.63) is 29.8 Å². The minimum Gasteiger partial charge on any atom is -0.486 e. The van der Waals surface area contributed by atoms with Gasteiger partial charge in [0.1, 0.15) is 11.9 Å². The molecule has 1 aliphatic carbocycles. The van der Waals surface area contributed by atoms with Crippen LogP contribution in [-0.4, -0.2) is 18.7 Å². The minimum absolute atomic E-state index is 0.0446. The molecule has 0 radical (unpaired) electrons. The Morgan fingerprint density at radius 1 is 1.14 bits per heavy atom. The summed E-state index contributed by atoms with van der Waals surface area (Å²) in [6, 6.07) is 3.76. The van der Waals surface area contributed by atoms with Crippen LogP contribution < -0.4 is 10.1 Å². The zero-order valence-electron chi connectivity index (χ0n) is 12.7. The second-order valence-corrected chi connectivity index (χ2v) is 5.78. The topological polar surface area (TPSA) is 21.3 Å². The maximum atomic E-state index is 13.8. The zero-order chi connectivity index (χ0) is 15.1. The van der Waals surface area contributed by atoms with Gasteiger partial charge in [-0.1, -0.05) is 26.2 Å². The van der Waals surface area contributed by atoms with Gasteiger partial charge in [0.25, 0.3) is 0 Å². The van der Waals surface area contributed by atoms with Gasteiger partial charge in [-0.15, -0.1) is 0 Å². The van der Waals surface area contributed by atoms with Gasteiger partial charge in [-0.3, -0.25) is 0 Å². The van der Waals surface area contributed by atoms with E-state index in [-0.39, 0.29) is 17.9 Å². The highest BCUT2D eigenvalue weighted by Crippen LogP contribution is 2.25. The molecule has 1 fully saturated rings. The van der Waals surface area contributed by atoms with Crippen molar-refractivity contribution in [3.63, 3.8) is 0 Å². The van der Waals surface area contributed by atoms with E-state index >= 15 is 0 Å². The lowest BCUT2D eigenvalue weighted by atomic mass is 9.94. The van der Waals surface area contributed by atoms with Gasteiger partial charge in [-0.2, -0.15) is 0 Å². The van der Waals surface area contributed by atoms with Crippen molar-refractivity contribution >= 4 is 0 Å². The summed E-state index contributed by atoms with van der Waals surface area (Å²) in [7, 11) is 0. The van der Waals surface area contributed by atoms with Crippen molar-refractivity contribution in [3.8, 4) is 5.75 Å². The van der Waals surface area contributed by atoms with Gasteiger partial charge in [0.2, 0.25) is 0 Å². The number of halogens is 2. The van der Waals surface area contributed by atoms with Crippen LogP contribution in [-0.2, 0) is 0 Å². The fraction of sp³-hybridized carbons (Fsp3) is 0.647. The highest BCUT2D eigenvalue weighted by Gasteiger charge is 2.24. The summed E-state index contributed by atoms with van der Waals surface area (Å²) in [6.45, 7) is 3.07. The highest BCUT2D eigenvalue weighted by molar-refractivity contribution is 5.25. The summed E-state index contributed by atoms with van der Waals surface area (Å²) in [4.78, 5) is 0. The summed E-state index contributed by atoms with van der Waals surface area (Å²) < 4.78 is 32.6. The third kappa shape index (κ3) is 4.95. The Morgan fingerprint density at radius 2 is 1.90 bits per heavy atom. The molecule has 2 nitrogen and oxygen atoms in total. The largest absolute Gasteiger partial charge is 0.486 e. The fourth-order valence-corrected chi connectivity index (χ4v) is 2.89. The smallest absolute Gasteiger partial charge is 0.167 e. The number of hydrogen-bond donors (Lipinski definition) is 1. The number of benzene rings is 1. The van der Waals surface area contributed by atoms with E-state index in [1.165, 1.54) is 31.4 Å². The summed E-state index contributed by atoms with van der Waals surface area (Å²) in [6.07, 6.45) is 7.70. The van der Waals surface area contributed by atoms with Crippen molar-refractivity contribution in [2.45, 2.75) is 64.0 Å². The molecule has 4 heteroatoms. The van der Waals surface area contributed by atoms with Gasteiger partial charge in [0.15, 0.2) is 11.6 Å². The Labute approximate surface area is 125 Å². The molecule has 0 heterocycles. The van der Waals surface area contributed by atoms with E-state index in [0.29, 0.717) is 0 Å². The first kappa shape index (κ1) is 16.2. The molecular formula is C17H25F2NO. The first-order valence-electron chi connectivity index (χ1n) is 8.05.